The van der Waals surface area contributed by atoms with Gasteiger partial charge in [-0.2, -0.15) is 26.3 Å². The molecule has 0 aliphatic heterocycles. The van der Waals surface area contributed by atoms with Crippen LogP contribution in [0.5, 0.6) is 5.75 Å². The highest BCUT2D eigenvalue weighted by Crippen LogP contribution is 2.36. The third-order valence-corrected chi connectivity index (χ3v) is 3.68. The molecule has 30 heavy (non-hydrogen) atoms. The van der Waals surface area contributed by atoms with Crippen LogP contribution < -0.4 is 9.64 Å². The van der Waals surface area contributed by atoms with Gasteiger partial charge in [0.25, 0.3) is 0 Å². The number of aromatic nitrogens is 2. The largest absolute Gasteiger partial charge is 0.487 e. The van der Waals surface area contributed by atoms with Crippen molar-refractivity contribution in [3.8, 4) is 5.75 Å². The zero-order valence-corrected chi connectivity index (χ0v) is 15.8. The van der Waals surface area contributed by atoms with Gasteiger partial charge in [-0.15, -0.1) is 0 Å². The summed E-state index contributed by atoms with van der Waals surface area (Å²) in [7, 11) is 1.42. The van der Waals surface area contributed by atoms with Crippen molar-refractivity contribution in [3.05, 3.63) is 47.3 Å². The van der Waals surface area contributed by atoms with E-state index in [1.165, 1.54) is 31.3 Å². The highest BCUT2D eigenvalue weighted by molar-refractivity contribution is 5.65. The van der Waals surface area contributed by atoms with Gasteiger partial charge in [-0.25, -0.2) is 9.97 Å². The van der Waals surface area contributed by atoms with Crippen LogP contribution >= 0.6 is 0 Å². The molecular weight excluding hydrogens is 420 g/mol. The van der Waals surface area contributed by atoms with Gasteiger partial charge in [-0.3, -0.25) is 4.79 Å². The molecule has 6 nitrogen and oxygen atoms in total. The van der Waals surface area contributed by atoms with Gasteiger partial charge in [-0.1, -0.05) is 0 Å². The summed E-state index contributed by atoms with van der Waals surface area (Å²) in [4.78, 5) is 19.9. The molecule has 12 heteroatoms. The van der Waals surface area contributed by atoms with E-state index >= 15 is 0 Å². The van der Waals surface area contributed by atoms with Crippen molar-refractivity contribution in [1.82, 2.24) is 9.97 Å². The molecule has 0 aliphatic rings. The predicted molar refractivity (Wildman–Crippen MR) is 92.7 cm³/mol. The van der Waals surface area contributed by atoms with Gasteiger partial charge in [0.05, 0.1) is 23.5 Å². The van der Waals surface area contributed by atoms with Gasteiger partial charge >= 0.3 is 18.3 Å². The lowest BCUT2D eigenvalue weighted by molar-refractivity contribution is -0.143. The number of benzene rings is 1. The minimum Gasteiger partial charge on any atom is -0.487 e. The first-order chi connectivity index (χ1) is 13.9. The van der Waals surface area contributed by atoms with Gasteiger partial charge in [0.15, 0.2) is 5.75 Å². The molecule has 0 radical (unpaired) electrons. The average Bonchev–Trinajstić information content (AvgIpc) is 2.64. The molecule has 2 rings (SSSR count). The van der Waals surface area contributed by atoms with E-state index < -0.39 is 29.4 Å². The summed E-state index contributed by atoms with van der Waals surface area (Å²) in [6, 6.07) is 1.37. The molecular formula is C18H17F6N3O3. The van der Waals surface area contributed by atoms with Gasteiger partial charge < -0.3 is 14.4 Å². The third-order valence-electron chi connectivity index (χ3n) is 3.68. The van der Waals surface area contributed by atoms with Crippen molar-refractivity contribution in [2.75, 3.05) is 25.2 Å². The Kier molecular flexibility index (Phi) is 7.11. The van der Waals surface area contributed by atoms with Crippen molar-refractivity contribution < 1.29 is 40.6 Å². The van der Waals surface area contributed by atoms with Crippen LogP contribution in [0, 0.1) is 0 Å². The molecule has 0 bridgehead atoms. The molecule has 1 aromatic carbocycles. The summed E-state index contributed by atoms with van der Waals surface area (Å²) in [6.45, 7) is 1.03. The SMILES string of the molecule is CC(=O)OCCOc1cnc(N(C)Cc2cc(C(F)(F)F)cc(C(F)(F)F)c2)nc1. The molecule has 1 aromatic heterocycles. The number of rotatable bonds is 7. The Bertz CT molecular complexity index is 837. The monoisotopic (exact) mass is 437 g/mol. The summed E-state index contributed by atoms with van der Waals surface area (Å²) in [5.74, 6) is -0.152. The number of hydrogen-bond acceptors (Lipinski definition) is 6. The Balaban J connectivity index is 2.11. The molecule has 0 saturated carbocycles. The Hall–Kier alpha value is -3.05. The van der Waals surface area contributed by atoms with E-state index in [0.29, 0.717) is 12.1 Å². The lowest BCUT2D eigenvalue weighted by atomic mass is 10.0. The summed E-state index contributed by atoms with van der Waals surface area (Å²) in [6.07, 6.45) is -7.29. The van der Waals surface area contributed by atoms with Gasteiger partial charge in [0.1, 0.15) is 13.2 Å². The second kappa shape index (κ2) is 9.18. The molecule has 0 fully saturated rings. The van der Waals surface area contributed by atoms with Crippen LogP contribution in [-0.4, -0.2) is 36.2 Å². The number of halogens is 6. The molecule has 0 unspecified atom stereocenters. The van der Waals surface area contributed by atoms with Crippen LogP contribution in [0.15, 0.2) is 30.6 Å². The third kappa shape index (κ3) is 6.78. The second-order valence-corrected chi connectivity index (χ2v) is 6.18. The molecule has 0 atom stereocenters. The first kappa shape index (κ1) is 23.2. The maximum absolute atomic E-state index is 13.0. The first-order valence-corrected chi connectivity index (χ1v) is 8.44. The number of carbonyl (C=O) groups is 1. The lowest BCUT2D eigenvalue weighted by Gasteiger charge is -2.19. The number of anilines is 1. The highest BCUT2D eigenvalue weighted by Gasteiger charge is 2.36. The highest BCUT2D eigenvalue weighted by atomic mass is 19.4. The van der Waals surface area contributed by atoms with Crippen LogP contribution in [0.3, 0.4) is 0 Å². The fourth-order valence-corrected chi connectivity index (χ4v) is 2.38. The zero-order chi connectivity index (χ0) is 22.5. The van der Waals surface area contributed by atoms with E-state index in [-0.39, 0.29) is 43.1 Å². The van der Waals surface area contributed by atoms with Crippen LogP contribution in [-0.2, 0) is 28.4 Å². The van der Waals surface area contributed by atoms with Gasteiger partial charge in [0, 0.05) is 20.5 Å². The van der Waals surface area contributed by atoms with Crippen molar-refractivity contribution in [1.29, 1.82) is 0 Å². The van der Waals surface area contributed by atoms with Crippen molar-refractivity contribution in [3.63, 3.8) is 0 Å². The Morgan fingerprint density at radius 3 is 1.97 bits per heavy atom. The van der Waals surface area contributed by atoms with E-state index in [9.17, 15) is 31.1 Å². The van der Waals surface area contributed by atoms with E-state index in [1.54, 1.807) is 0 Å². The molecule has 0 spiro atoms. The van der Waals surface area contributed by atoms with Crippen LogP contribution in [0.1, 0.15) is 23.6 Å². The quantitative estimate of drug-likeness (QED) is 0.369. The Morgan fingerprint density at radius 2 is 1.50 bits per heavy atom. The second-order valence-electron chi connectivity index (χ2n) is 6.18. The summed E-state index contributed by atoms with van der Waals surface area (Å²) < 4.78 is 87.7. The van der Waals surface area contributed by atoms with Gasteiger partial charge in [-0.05, 0) is 23.8 Å². The fraction of sp³-hybridized carbons (Fsp3) is 0.389. The maximum atomic E-state index is 13.0. The number of ether oxygens (including phenoxy) is 2. The van der Waals surface area contributed by atoms with Crippen LogP contribution in [0.25, 0.3) is 0 Å². The summed E-state index contributed by atoms with van der Waals surface area (Å²) in [5, 5.41) is 0. The number of alkyl halides is 6. The van der Waals surface area contributed by atoms with E-state index in [1.807, 2.05) is 0 Å². The molecule has 0 N–H and O–H groups in total. The lowest BCUT2D eigenvalue weighted by Crippen LogP contribution is -2.20. The Morgan fingerprint density at radius 1 is 0.967 bits per heavy atom. The van der Waals surface area contributed by atoms with Crippen molar-refractivity contribution >= 4 is 11.9 Å². The van der Waals surface area contributed by atoms with Crippen LogP contribution in [0.2, 0.25) is 0 Å². The van der Waals surface area contributed by atoms with Crippen molar-refractivity contribution in [2.45, 2.75) is 25.8 Å². The molecule has 0 saturated heterocycles. The van der Waals surface area contributed by atoms with Crippen molar-refractivity contribution in [2.24, 2.45) is 0 Å². The number of hydrogen-bond donors (Lipinski definition) is 0. The average molecular weight is 437 g/mol. The smallest absolute Gasteiger partial charge is 0.416 e. The summed E-state index contributed by atoms with van der Waals surface area (Å²) >= 11 is 0. The Labute approximate surface area is 167 Å². The molecule has 2 aromatic rings. The fourth-order valence-electron chi connectivity index (χ4n) is 2.38. The van der Waals surface area contributed by atoms with E-state index in [2.05, 4.69) is 14.7 Å². The number of esters is 1. The van der Waals surface area contributed by atoms with E-state index in [0.717, 1.165) is 0 Å². The first-order valence-electron chi connectivity index (χ1n) is 8.44. The molecule has 1 heterocycles. The predicted octanol–water partition coefficient (Wildman–Crippen LogP) is 4.09. The summed E-state index contributed by atoms with van der Waals surface area (Å²) in [5.41, 5.74) is -2.98. The zero-order valence-electron chi connectivity index (χ0n) is 15.8. The molecule has 0 amide bonds. The topological polar surface area (TPSA) is 64.6 Å². The maximum Gasteiger partial charge on any atom is 0.416 e. The minimum absolute atomic E-state index is 0.0219. The molecule has 164 valence electrons. The molecule has 0 aliphatic carbocycles. The van der Waals surface area contributed by atoms with Crippen LogP contribution in [0.4, 0.5) is 32.3 Å². The minimum atomic E-state index is -4.92. The van der Waals surface area contributed by atoms with Gasteiger partial charge in [0.2, 0.25) is 5.95 Å². The standard InChI is InChI=1S/C18H17F6N3O3/c1-11(28)29-3-4-30-15-8-25-16(26-9-15)27(2)10-12-5-13(17(19,20)21)7-14(6-12)18(22,23)24/h5-9H,3-4,10H2,1-2H3. The number of carbonyl (C=O) groups excluding carboxylic acids is 1. The van der Waals surface area contributed by atoms with E-state index in [4.69, 9.17) is 4.74 Å². The normalized spacial score (nSPS) is 11.9. The number of nitrogens with zero attached hydrogens (tertiary/aromatic N) is 3.